The van der Waals surface area contributed by atoms with E-state index >= 15 is 0 Å². The first-order chi connectivity index (χ1) is 24.1. The zero-order chi connectivity index (χ0) is 37.7. The average molecular weight is 743 g/mol. The largest absolute Gasteiger partial charge is 0.480 e. The maximum atomic E-state index is 14.1. The Morgan fingerprint density at radius 2 is 1.51 bits per heavy atom. The molecule has 0 unspecified atom stereocenters. The number of nitrogens with zero attached hydrogens (tertiary/aromatic N) is 2. The Balaban J connectivity index is 1.96. The van der Waals surface area contributed by atoms with Gasteiger partial charge in [0, 0.05) is 41.8 Å². The Bertz CT molecular complexity index is 1690. The van der Waals surface area contributed by atoms with Crippen LogP contribution in [-0.4, -0.2) is 97.9 Å². The predicted molar refractivity (Wildman–Crippen MR) is 200 cm³/mol. The molecule has 0 radical (unpaired) electrons. The van der Waals surface area contributed by atoms with Gasteiger partial charge in [-0.05, 0) is 43.0 Å². The number of carboxylic acid groups (broad SMARTS) is 1. The van der Waals surface area contributed by atoms with Gasteiger partial charge in [0.05, 0.1) is 12.4 Å². The summed E-state index contributed by atoms with van der Waals surface area (Å²) in [5.41, 5.74) is 17.9. The molecule has 5 atom stereocenters. The van der Waals surface area contributed by atoms with Crippen LogP contribution in [-0.2, 0) is 36.8 Å². The number of thiol groups is 2. The van der Waals surface area contributed by atoms with Crippen LogP contribution in [0.1, 0.15) is 37.9 Å². The second-order valence-electron chi connectivity index (χ2n) is 12.5. The fourth-order valence-electron chi connectivity index (χ4n) is 5.10. The number of rotatable bonds is 19. The van der Waals surface area contributed by atoms with E-state index in [2.05, 4.69) is 61.5 Å². The molecule has 0 saturated carbocycles. The first-order valence-electron chi connectivity index (χ1n) is 16.1. The number of imidazole rings is 1. The van der Waals surface area contributed by atoms with Crippen LogP contribution in [0.4, 0.5) is 0 Å². The molecule has 0 spiro atoms. The van der Waals surface area contributed by atoms with E-state index in [4.69, 9.17) is 17.2 Å². The molecule has 0 saturated heterocycles. The minimum Gasteiger partial charge on any atom is -0.480 e. The van der Waals surface area contributed by atoms with Gasteiger partial charge in [0.25, 0.3) is 0 Å². The Hall–Kier alpha value is -4.81. The van der Waals surface area contributed by atoms with Crippen molar-refractivity contribution in [2.24, 2.45) is 22.2 Å². The number of aliphatic imine (C=N–C) groups is 1. The summed E-state index contributed by atoms with van der Waals surface area (Å²) in [6.07, 6.45) is 3.16. The number of aromatic nitrogens is 2. The van der Waals surface area contributed by atoms with Crippen molar-refractivity contribution < 1.29 is 29.1 Å². The number of nitrogens with one attached hydrogen (secondary N) is 5. The molecule has 0 aliphatic carbocycles. The van der Waals surface area contributed by atoms with Crippen LogP contribution < -0.4 is 38.5 Å². The lowest BCUT2D eigenvalue weighted by Crippen LogP contribution is -2.60. The molecule has 4 amide bonds. The van der Waals surface area contributed by atoms with Gasteiger partial charge in [-0.1, -0.05) is 42.5 Å². The number of H-pyrrole nitrogens is 1. The Morgan fingerprint density at radius 1 is 0.902 bits per heavy atom. The molecule has 0 bridgehead atoms. The number of hydrogen-bond donors (Lipinski definition) is 11. The minimum atomic E-state index is -1.41. The number of amides is 4. The number of guanidine groups is 1. The summed E-state index contributed by atoms with van der Waals surface area (Å²) in [5, 5.41) is 22.2. The van der Waals surface area contributed by atoms with Crippen LogP contribution in [0.3, 0.4) is 0 Å². The van der Waals surface area contributed by atoms with Gasteiger partial charge in [-0.2, -0.15) is 25.3 Å². The number of aromatic amines is 1. The lowest BCUT2D eigenvalue weighted by molar-refractivity contribution is -0.143. The SMILES string of the molecule is CC(C)(S)[C@H](NC(=O)[C@H](Cc1cnc[nH]1)NC(=O)[C@H](Cc1ccc2ccccc2c1)NC(=O)[C@H](CCCN=C(N)N)NC(=O)[C@H](N)CS)C(=O)O. The van der Waals surface area contributed by atoms with Gasteiger partial charge in [-0.3, -0.25) is 24.2 Å². The monoisotopic (exact) mass is 742 g/mol. The maximum Gasteiger partial charge on any atom is 0.327 e. The number of carboxylic acids is 1. The van der Waals surface area contributed by atoms with Crippen LogP contribution in [0.5, 0.6) is 0 Å². The van der Waals surface area contributed by atoms with Crippen LogP contribution in [0.2, 0.25) is 0 Å². The molecule has 2 aromatic carbocycles. The molecule has 51 heavy (non-hydrogen) atoms. The van der Waals surface area contributed by atoms with E-state index in [-0.39, 0.29) is 37.5 Å². The molecule has 3 aromatic rings. The quantitative estimate of drug-likeness (QED) is 0.0321. The predicted octanol–water partition coefficient (Wildman–Crippen LogP) is -0.609. The van der Waals surface area contributed by atoms with Crippen molar-refractivity contribution in [2.45, 2.75) is 74.5 Å². The van der Waals surface area contributed by atoms with Crippen molar-refractivity contribution in [3.63, 3.8) is 0 Å². The Morgan fingerprint density at radius 3 is 2.10 bits per heavy atom. The molecule has 18 heteroatoms. The zero-order valence-electron chi connectivity index (χ0n) is 28.3. The molecule has 3 rings (SSSR count). The zero-order valence-corrected chi connectivity index (χ0v) is 30.1. The van der Waals surface area contributed by atoms with Crippen LogP contribution >= 0.6 is 25.3 Å². The van der Waals surface area contributed by atoms with E-state index in [0.717, 1.165) is 10.8 Å². The Labute approximate surface area is 306 Å². The van der Waals surface area contributed by atoms with E-state index in [1.165, 1.54) is 26.4 Å². The average Bonchev–Trinajstić information content (AvgIpc) is 3.59. The highest BCUT2D eigenvalue weighted by molar-refractivity contribution is 7.81. The van der Waals surface area contributed by atoms with Crippen molar-refractivity contribution in [3.05, 3.63) is 66.2 Å². The fraction of sp³-hybridized carbons (Fsp3) is 0.424. The van der Waals surface area contributed by atoms with Gasteiger partial charge in [0.2, 0.25) is 23.6 Å². The van der Waals surface area contributed by atoms with Crippen molar-refractivity contribution in [1.29, 1.82) is 0 Å². The van der Waals surface area contributed by atoms with Gasteiger partial charge in [0.15, 0.2) is 5.96 Å². The molecular weight excluding hydrogens is 697 g/mol. The summed E-state index contributed by atoms with van der Waals surface area (Å²) in [5.74, 6) is -4.29. The van der Waals surface area contributed by atoms with E-state index in [1.807, 2.05) is 42.5 Å². The standard InChI is InChI=1S/C33H46N10O6S2/c1-33(2,51)26(31(48)49)43-30(47)25(14-21-15-37-17-39-21)42-29(46)24(13-18-9-10-19-6-3-4-7-20(19)12-18)41-28(45)23(8-5-11-38-32(35)36)40-27(44)22(34)16-50/h3-4,6-7,9-10,12,15,17,22-26,50-51H,5,8,11,13-14,16,34H2,1-2H3,(H,37,39)(H,40,44)(H,41,45)(H,42,46)(H,43,47)(H,48,49)(H4,35,36,38)/t22-,23+,24+,25+,26-/m1/s1. The molecule has 0 aliphatic heterocycles. The number of hydrogen-bond acceptors (Lipinski definition) is 10. The van der Waals surface area contributed by atoms with E-state index in [0.29, 0.717) is 17.7 Å². The van der Waals surface area contributed by atoms with Gasteiger partial charge in [0.1, 0.15) is 24.2 Å². The Kier molecular flexibility index (Phi) is 15.1. The van der Waals surface area contributed by atoms with Crippen LogP contribution in [0.25, 0.3) is 10.8 Å². The van der Waals surface area contributed by atoms with Gasteiger partial charge in [-0.25, -0.2) is 9.78 Å². The molecule has 16 nitrogen and oxygen atoms in total. The summed E-state index contributed by atoms with van der Waals surface area (Å²) >= 11 is 8.40. The fourth-order valence-corrected chi connectivity index (χ4v) is 5.44. The van der Waals surface area contributed by atoms with Gasteiger partial charge < -0.3 is 48.6 Å². The van der Waals surface area contributed by atoms with Crippen molar-refractivity contribution in [2.75, 3.05) is 12.3 Å². The third-order valence-electron chi connectivity index (χ3n) is 7.85. The van der Waals surface area contributed by atoms with Gasteiger partial charge >= 0.3 is 5.97 Å². The number of fused-ring (bicyclic) bond motifs is 1. The van der Waals surface area contributed by atoms with Crippen molar-refractivity contribution >= 4 is 71.6 Å². The number of benzene rings is 2. The topological polar surface area (TPSA) is 273 Å². The van der Waals surface area contributed by atoms with Crippen LogP contribution in [0.15, 0.2) is 60.0 Å². The molecule has 1 heterocycles. The highest BCUT2D eigenvalue weighted by Gasteiger charge is 2.37. The van der Waals surface area contributed by atoms with E-state index in [1.54, 1.807) is 0 Å². The van der Waals surface area contributed by atoms with E-state index < -0.39 is 64.6 Å². The third kappa shape index (κ3) is 12.8. The summed E-state index contributed by atoms with van der Waals surface area (Å²) < 4.78 is -1.16. The van der Waals surface area contributed by atoms with Gasteiger partial charge in [-0.15, -0.1) is 0 Å². The smallest absolute Gasteiger partial charge is 0.327 e. The van der Waals surface area contributed by atoms with E-state index in [9.17, 15) is 29.1 Å². The summed E-state index contributed by atoms with van der Waals surface area (Å²) in [6, 6.07) is 7.09. The molecular formula is C33H46N10O6S2. The molecule has 0 aliphatic rings. The summed E-state index contributed by atoms with van der Waals surface area (Å²) in [7, 11) is 0. The second-order valence-corrected chi connectivity index (χ2v) is 14.0. The van der Waals surface area contributed by atoms with Crippen LogP contribution in [0, 0.1) is 0 Å². The molecule has 276 valence electrons. The lowest BCUT2D eigenvalue weighted by Gasteiger charge is -2.30. The highest BCUT2D eigenvalue weighted by Crippen LogP contribution is 2.19. The third-order valence-corrected chi connectivity index (χ3v) is 8.50. The number of aliphatic carboxylic acids is 1. The molecule has 0 fully saturated rings. The number of carbonyl (C=O) groups is 5. The maximum absolute atomic E-state index is 14.1. The summed E-state index contributed by atoms with van der Waals surface area (Å²) in [6.45, 7) is 3.23. The first-order valence-corrected chi connectivity index (χ1v) is 17.2. The normalized spacial score (nSPS) is 14.3. The second kappa shape index (κ2) is 19.0. The minimum absolute atomic E-state index is 0.00690. The summed E-state index contributed by atoms with van der Waals surface area (Å²) in [4.78, 5) is 77.0. The number of nitrogens with two attached hydrogens (primary N) is 3. The van der Waals surface area contributed by atoms with Crippen molar-refractivity contribution in [1.82, 2.24) is 31.2 Å². The van der Waals surface area contributed by atoms with Crippen molar-refractivity contribution in [3.8, 4) is 0 Å². The highest BCUT2D eigenvalue weighted by atomic mass is 32.1. The lowest BCUT2D eigenvalue weighted by atomic mass is 9.99. The molecule has 1 aromatic heterocycles. The number of carbonyl (C=O) groups excluding carboxylic acids is 4. The molecule has 12 N–H and O–H groups in total. The first kappa shape index (κ1) is 40.6.